The molecule has 0 bridgehead atoms. The second-order valence-corrected chi connectivity index (χ2v) is 9.03. The van der Waals surface area contributed by atoms with E-state index in [1.807, 2.05) is 0 Å². The SMILES string of the molecule is CCS(=O)(=O)CCCC(O)C1(CC(C)C)CCCC1. The van der Waals surface area contributed by atoms with Gasteiger partial charge in [-0.25, -0.2) is 8.42 Å². The van der Waals surface area contributed by atoms with Crippen LogP contribution in [0.4, 0.5) is 0 Å². The third-order valence-corrected chi connectivity index (χ3v) is 6.28. The van der Waals surface area contributed by atoms with Gasteiger partial charge in [-0.3, -0.25) is 0 Å². The molecule has 1 fully saturated rings. The van der Waals surface area contributed by atoms with Gasteiger partial charge in [-0.15, -0.1) is 0 Å². The molecule has 1 atom stereocenters. The van der Waals surface area contributed by atoms with Crippen molar-refractivity contribution in [1.82, 2.24) is 0 Å². The molecule has 1 saturated carbocycles. The molecule has 0 aromatic carbocycles. The molecule has 19 heavy (non-hydrogen) atoms. The van der Waals surface area contributed by atoms with Crippen molar-refractivity contribution < 1.29 is 13.5 Å². The van der Waals surface area contributed by atoms with E-state index in [1.54, 1.807) is 6.92 Å². The van der Waals surface area contributed by atoms with Crippen LogP contribution in [-0.2, 0) is 9.84 Å². The van der Waals surface area contributed by atoms with E-state index in [-0.39, 0.29) is 23.0 Å². The lowest BCUT2D eigenvalue weighted by atomic mass is 9.73. The van der Waals surface area contributed by atoms with Gasteiger partial charge in [-0.05, 0) is 43.4 Å². The minimum absolute atomic E-state index is 0.0597. The number of aliphatic hydroxyl groups is 1. The van der Waals surface area contributed by atoms with Gasteiger partial charge in [0.1, 0.15) is 9.84 Å². The summed E-state index contributed by atoms with van der Waals surface area (Å²) in [4.78, 5) is 0. The standard InChI is InChI=1S/C15H30O3S/c1-4-19(17,18)11-7-8-14(16)15(12-13(2)3)9-5-6-10-15/h13-14,16H,4-12H2,1-3H3. The smallest absolute Gasteiger partial charge is 0.150 e. The van der Waals surface area contributed by atoms with Gasteiger partial charge in [0.25, 0.3) is 0 Å². The average molecular weight is 290 g/mol. The van der Waals surface area contributed by atoms with E-state index in [1.165, 1.54) is 12.8 Å². The Bertz CT molecular complexity index is 354. The highest BCUT2D eigenvalue weighted by molar-refractivity contribution is 7.91. The lowest BCUT2D eigenvalue weighted by molar-refractivity contribution is 0.00679. The van der Waals surface area contributed by atoms with Crippen LogP contribution in [0.1, 0.15) is 65.7 Å². The van der Waals surface area contributed by atoms with Crippen molar-refractivity contribution in [3.63, 3.8) is 0 Å². The van der Waals surface area contributed by atoms with Crippen LogP contribution in [0.5, 0.6) is 0 Å². The van der Waals surface area contributed by atoms with Gasteiger partial charge in [-0.2, -0.15) is 0 Å². The molecule has 1 rings (SSSR count). The van der Waals surface area contributed by atoms with Crippen molar-refractivity contribution >= 4 is 9.84 Å². The van der Waals surface area contributed by atoms with Crippen molar-refractivity contribution in [1.29, 1.82) is 0 Å². The van der Waals surface area contributed by atoms with Gasteiger partial charge in [0.2, 0.25) is 0 Å². The largest absolute Gasteiger partial charge is 0.393 e. The van der Waals surface area contributed by atoms with Crippen LogP contribution in [0.2, 0.25) is 0 Å². The highest BCUT2D eigenvalue weighted by atomic mass is 32.2. The first-order valence-electron chi connectivity index (χ1n) is 7.70. The second-order valence-electron chi connectivity index (χ2n) is 6.56. The molecule has 114 valence electrons. The normalized spacial score (nSPS) is 20.9. The third kappa shape index (κ3) is 5.07. The summed E-state index contributed by atoms with van der Waals surface area (Å²) < 4.78 is 23.0. The number of sulfone groups is 1. The molecule has 0 aliphatic heterocycles. The maximum Gasteiger partial charge on any atom is 0.150 e. The quantitative estimate of drug-likeness (QED) is 0.747. The maximum atomic E-state index is 11.5. The maximum absolute atomic E-state index is 11.5. The fraction of sp³-hybridized carbons (Fsp3) is 1.00. The molecule has 1 unspecified atom stereocenters. The molecular weight excluding hydrogens is 260 g/mol. The number of hydrogen-bond acceptors (Lipinski definition) is 3. The molecule has 0 spiro atoms. The second kappa shape index (κ2) is 7.07. The summed E-state index contributed by atoms with van der Waals surface area (Å²) in [5, 5.41) is 10.5. The summed E-state index contributed by atoms with van der Waals surface area (Å²) in [6.45, 7) is 6.09. The molecular formula is C15H30O3S. The highest BCUT2D eigenvalue weighted by Crippen LogP contribution is 2.47. The lowest BCUT2D eigenvalue weighted by Crippen LogP contribution is -2.34. The van der Waals surface area contributed by atoms with Crippen LogP contribution in [-0.4, -0.2) is 31.1 Å². The van der Waals surface area contributed by atoms with E-state index >= 15 is 0 Å². The van der Waals surface area contributed by atoms with Crippen LogP contribution >= 0.6 is 0 Å². The summed E-state index contributed by atoms with van der Waals surface area (Å²) in [6, 6.07) is 0. The van der Waals surface area contributed by atoms with Crippen molar-refractivity contribution in [2.75, 3.05) is 11.5 Å². The molecule has 0 radical (unpaired) electrons. The molecule has 0 heterocycles. The van der Waals surface area contributed by atoms with Gasteiger partial charge in [0.15, 0.2) is 0 Å². The lowest BCUT2D eigenvalue weighted by Gasteiger charge is -2.36. The number of hydrogen-bond donors (Lipinski definition) is 1. The zero-order valence-electron chi connectivity index (χ0n) is 12.7. The van der Waals surface area contributed by atoms with E-state index in [0.29, 0.717) is 18.8 Å². The summed E-state index contributed by atoms with van der Waals surface area (Å²) in [7, 11) is -2.89. The van der Waals surface area contributed by atoms with Crippen LogP contribution in [0.25, 0.3) is 0 Å². The summed E-state index contributed by atoms with van der Waals surface area (Å²) >= 11 is 0. The molecule has 0 aromatic heterocycles. The van der Waals surface area contributed by atoms with Gasteiger partial charge < -0.3 is 5.11 Å². The first-order valence-corrected chi connectivity index (χ1v) is 9.52. The first-order chi connectivity index (χ1) is 8.81. The molecule has 1 N–H and O–H groups in total. The van der Waals surface area contributed by atoms with Gasteiger partial charge in [0, 0.05) is 5.75 Å². The topological polar surface area (TPSA) is 54.4 Å². The molecule has 4 heteroatoms. The Morgan fingerprint density at radius 3 is 2.26 bits per heavy atom. The molecule has 0 aromatic rings. The van der Waals surface area contributed by atoms with Crippen LogP contribution in [0.3, 0.4) is 0 Å². The summed E-state index contributed by atoms with van der Waals surface area (Å²) in [6.07, 6.45) is 6.58. The van der Waals surface area contributed by atoms with E-state index in [4.69, 9.17) is 0 Å². The number of rotatable bonds is 8. The van der Waals surface area contributed by atoms with Crippen molar-refractivity contribution in [3.05, 3.63) is 0 Å². The van der Waals surface area contributed by atoms with Gasteiger partial charge >= 0.3 is 0 Å². The van der Waals surface area contributed by atoms with Crippen molar-refractivity contribution in [2.45, 2.75) is 71.8 Å². The Morgan fingerprint density at radius 1 is 1.21 bits per heavy atom. The van der Waals surface area contributed by atoms with Crippen LogP contribution in [0, 0.1) is 11.3 Å². The Hall–Kier alpha value is -0.0900. The van der Waals surface area contributed by atoms with E-state index in [2.05, 4.69) is 13.8 Å². The Balaban J connectivity index is 2.51. The van der Waals surface area contributed by atoms with Crippen LogP contribution in [0.15, 0.2) is 0 Å². The molecule has 0 saturated heterocycles. The van der Waals surface area contributed by atoms with E-state index < -0.39 is 9.84 Å². The third-order valence-electron chi connectivity index (χ3n) is 4.49. The first kappa shape index (κ1) is 17.0. The average Bonchev–Trinajstić information content (AvgIpc) is 2.77. The van der Waals surface area contributed by atoms with E-state index in [9.17, 15) is 13.5 Å². The molecule has 1 aliphatic rings. The Labute approximate surface area is 118 Å². The zero-order chi connectivity index (χ0) is 14.5. The fourth-order valence-corrected chi connectivity index (χ4v) is 4.41. The van der Waals surface area contributed by atoms with Crippen LogP contribution < -0.4 is 0 Å². The van der Waals surface area contributed by atoms with Crippen molar-refractivity contribution in [3.8, 4) is 0 Å². The molecule has 0 amide bonds. The van der Waals surface area contributed by atoms with E-state index in [0.717, 1.165) is 19.3 Å². The summed E-state index contributed by atoms with van der Waals surface area (Å²) in [5.41, 5.74) is 0.0597. The predicted octanol–water partition coefficient (Wildman–Crippen LogP) is 3.17. The minimum Gasteiger partial charge on any atom is -0.393 e. The zero-order valence-corrected chi connectivity index (χ0v) is 13.5. The summed E-state index contributed by atoms with van der Waals surface area (Å²) in [5.74, 6) is 1.02. The molecule has 1 aliphatic carbocycles. The minimum atomic E-state index is -2.89. The van der Waals surface area contributed by atoms with Gasteiger partial charge in [-0.1, -0.05) is 33.6 Å². The van der Waals surface area contributed by atoms with Gasteiger partial charge in [0.05, 0.1) is 11.9 Å². The molecule has 3 nitrogen and oxygen atoms in total. The predicted molar refractivity (Wildman–Crippen MR) is 79.9 cm³/mol. The number of aliphatic hydroxyl groups excluding tert-OH is 1. The van der Waals surface area contributed by atoms with Crippen molar-refractivity contribution in [2.24, 2.45) is 11.3 Å². The monoisotopic (exact) mass is 290 g/mol. The Morgan fingerprint density at radius 2 is 1.79 bits per heavy atom. The highest BCUT2D eigenvalue weighted by Gasteiger charge is 2.40. The fourth-order valence-electron chi connectivity index (χ4n) is 3.51. The Kier molecular flexibility index (Phi) is 6.31.